The quantitative estimate of drug-likeness (QED) is 0.195. The first-order chi connectivity index (χ1) is 16.8. The molecule has 2 aromatic heterocycles. The monoisotopic (exact) mass is 525 g/mol. The molecule has 0 aliphatic carbocycles. The molecular weight excluding hydrogens is 494 g/mol. The summed E-state index contributed by atoms with van der Waals surface area (Å²) < 4.78 is 28.3. The minimum absolute atomic E-state index is 0.0997. The number of unbranched alkanes of at least 4 members (excludes halogenated alkanes) is 3. The van der Waals surface area contributed by atoms with Crippen molar-refractivity contribution >= 4 is 50.8 Å². The van der Waals surface area contributed by atoms with E-state index < -0.39 is 16.1 Å². The number of nitrogens with zero attached hydrogens (tertiary/aromatic N) is 4. The van der Waals surface area contributed by atoms with Crippen LogP contribution in [0, 0.1) is 0 Å². The van der Waals surface area contributed by atoms with E-state index in [0.29, 0.717) is 48.2 Å². The molecule has 2 aromatic rings. The molecule has 2 aliphatic heterocycles. The van der Waals surface area contributed by atoms with Gasteiger partial charge in [-0.05, 0) is 25.7 Å². The number of imidazole rings is 1. The first-order valence-corrected chi connectivity index (χ1v) is 14.4. The number of hydrogen-bond donors (Lipinski definition) is 5. The molecule has 4 heterocycles. The molecule has 15 heteroatoms. The maximum Gasteiger partial charge on any atom is 0.328 e. The minimum Gasteiger partial charge on any atom is -0.382 e. The van der Waals surface area contributed by atoms with Crippen molar-refractivity contribution in [2.45, 2.75) is 62.4 Å². The lowest BCUT2D eigenvalue weighted by molar-refractivity contribution is 0.245. The second-order valence-electron chi connectivity index (χ2n) is 8.72. The van der Waals surface area contributed by atoms with Crippen LogP contribution < -0.4 is 26.4 Å². The van der Waals surface area contributed by atoms with Crippen molar-refractivity contribution in [3.8, 4) is 0 Å². The van der Waals surface area contributed by atoms with Gasteiger partial charge >= 0.3 is 12.1 Å². The number of nitrogen functional groups attached to an aromatic ring is 1. The molecule has 0 saturated carbocycles. The van der Waals surface area contributed by atoms with Crippen molar-refractivity contribution < 1.29 is 18.0 Å². The van der Waals surface area contributed by atoms with Gasteiger partial charge in [-0.3, -0.25) is 0 Å². The van der Waals surface area contributed by atoms with Gasteiger partial charge in [0.15, 0.2) is 11.5 Å². The minimum atomic E-state index is -3.70. The number of sulfonamides is 1. The SMILES string of the molecule is Nc1ncnc2c1ncn2CCCCCS(=O)(=O)NC(=O)NCCCC[C@@H]1SC[C@@H]2NC(=O)N[C@@H]21. The Morgan fingerprint density at radius 2 is 2.03 bits per heavy atom. The number of amides is 4. The molecule has 2 fully saturated rings. The highest BCUT2D eigenvalue weighted by Crippen LogP contribution is 2.32. The Kier molecular flexibility index (Phi) is 8.15. The van der Waals surface area contributed by atoms with Crippen LogP contribution in [-0.4, -0.2) is 75.4 Å². The Bertz CT molecular complexity index is 1160. The van der Waals surface area contributed by atoms with Gasteiger partial charge in [-0.2, -0.15) is 11.8 Å². The number of nitrogens with one attached hydrogen (secondary N) is 4. The molecule has 13 nitrogen and oxygen atoms in total. The average Bonchev–Trinajstić information content (AvgIpc) is 3.48. The van der Waals surface area contributed by atoms with Gasteiger partial charge in [0.1, 0.15) is 11.8 Å². The Morgan fingerprint density at radius 3 is 2.89 bits per heavy atom. The van der Waals surface area contributed by atoms with E-state index in [2.05, 4.69) is 35.6 Å². The summed E-state index contributed by atoms with van der Waals surface area (Å²) in [6.45, 7) is 1.02. The summed E-state index contributed by atoms with van der Waals surface area (Å²) in [6, 6.07) is -0.431. The van der Waals surface area contributed by atoms with Crippen molar-refractivity contribution in [1.29, 1.82) is 0 Å². The van der Waals surface area contributed by atoms with Crippen LogP contribution in [0.25, 0.3) is 11.2 Å². The molecule has 4 rings (SSSR count). The highest BCUT2D eigenvalue weighted by atomic mass is 32.2. The molecule has 0 unspecified atom stereocenters. The van der Waals surface area contributed by atoms with Crippen LogP contribution in [0.4, 0.5) is 15.4 Å². The van der Waals surface area contributed by atoms with Crippen LogP contribution in [0.5, 0.6) is 0 Å². The fraction of sp³-hybridized carbons (Fsp3) is 0.650. The number of aryl methyl sites for hydroxylation is 1. The van der Waals surface area contributed by atoms with E-state index in [0.717, 1.165) is 31.4 Å². The van der Waals surface area contributed by atoms with Crippen molar-refractivity contribution in [3.05, 3.63) is 12.7 Å². The molecule has 6 N–H and O–H groups in total. The van der Waals surface area contributed by atoms with Gasteiger partial charge in [0.25, 0.3) is 0 Å². The Morgan fingerprint density at radius 1 is 1.17 bits per heavy atom. The molecule has 2 aliphatic rings. The normalized spacial score (nSPS) is 21.5. The number of urea groups is 2. The van der Waals surface area contributed by atoms with Crippen LogP contribution in [0.3, 0.4) is 0 Å². The molecule has 192 valence electrons. The number of nitrogens with two attached hydrogens (primary N) is 1. The summed E-state index contributed by atoms with van der Waals surface area (Å²) in [5.74, 6) is 1.12. The van der Waals surface area contributed by atoms with Crippen molar-refractivity contribution in [2.24, 2.45) is 0 Å². The summed E-state index contributed by atoms with van der Waals surface area (Å²) in [5, 5.41) is 8.85. The summed E-state index contributed by atoms with van der Waals surface area (Å²) >= 11 is 1.85. The zero-order chi connectivity index (χ0) is 24.8. The smallest absolute Gasteiger partial charge is 0.328 e. The van der Waals surface area contributed by atoms with Gasteiger partial charge in [-0.25, -0.2) is 37.7 Å². The predicted molar refractivity (Wildman–Crippen MR) is 133 cm³/mol. The molecule has 0 bridgehead atoms. The summed E-state index contributed by atoms with van der Waals surface area (Å²) in [4.78, 5) is 35.7. The molecule has 2 saturated heterocycles. The van der Waals surface area contributed by atoms with Crippen LogP contribution in [0.1, 0.15) is 38.5 Å². The first kappa shape index (κ1) is 25.3. The van der Waals surface area contributed by atoms with Gasteiger partial charge in [0, 0.05) is 24.1 Å². The van der Waals surface area contributed by atoms with Crippen LogP contribution in [-0.2, 0) is 16.6 Å². The fourth-order valence-corrected chi connectivity index (χ4v) is 6.94. The Labute approximate surface area is 207 Å². The fourth-order valence-electron chi connectivity index (χ4n) is 4.36. The van der Waals surface area contributed by atoms with Crippen molar-refractivity contribution in [3.63, 3.8) is 0 Å². The Hall–Kier alpha value is -2.81. The number of carbonyl (C=O) groups is 2. The summed E-state index contributed by atoms with van der Waals surface area (Å²) in [5.41, 5.74) is 6.98. The molecule has 0 radical (unpaired) electrons. The van der Waals surface area contributed by atoms with Crippen LogP contribution in [0.15, 0.2) is 12.7 Å². The third-order valence-corrected chi connectivity index (χ3v) is 8.96. The maximum absolute atomic E-state index is 12.2. The zero-order valence-corrected chi connectivity index (χ0v) is 20.9. The maximum atomic E-state index is 12.2. The van der Waals surface area contributed by atoms with E-state index in [1.807, 2.05) is 16.3 Å². The lowest BCUT2D eigenvalue weighted by Gasteiger charge is -2.16. The van der Waals surface area contributed by atoms with E-state index in [1.165, 1.54) is 6.33 Å². The largest absolute Gasteiger partial charge is 0.382 e. The van der Waals surface area contributed by atoms with Gasteiger partial charge in [0.2, 0.25) is 10.0 Å². The number of anilines is 1. The van der Waals surface area contributed by atoms with E-state index in [1.54, 1.807) is 6.33 Å². The summed E-state index contributed by atoms with van der Waals surface area (Å²) in [6.07, 6.45) is 7.42. The van der Waals surface area contributed by atoms with E-state index in [4.69, 9.17) is 5.73 Å². The average molecular weight is 526 g/mol. The van der Waals surface area contributed by atoms with E-state index >= 15 is 0 Å². The number of carbonyl (C=O) groups excluding carboxylic acids is 2. The van der Waals surface area contributed by atoms with Gasteiger partial charge in [-0.15, -0.1) is 0 Å². The molecule has 0 aromatic carbocycles. The number of fused-ring (bicyclic) bond motifs is 2. The van der Waals surface area contributed by atoms with E-state index in [9.17, 15) is 18.0 Å². The first-order valence-electron chi connectivity index (χ1n) is 11.7. The van der Waals surface area contributed by atoms with Crippen LogP contribution in [0.2, 0.25) is 0 Å². The number of rotatable bonds is 12. The van der Waals surface area contributed by atoms with Gasteiger partial charge in [0.05, 0.1) is 24.2 Å². The van der Waals surface area contributed by atoms with Gasteiger partial charge < -0.3 is 26.3 Å². The molecule has 35 heavy (non-hydrogen) atoms. The predicted octanol–water partition coefficient (Wildman–Crippen LogP) is 0.544. The highest BCUT2D eigenvalue weighted by Gasteiger charge is 2.42. The third-order valence-electron chi connectivity index (χ3n) is 6.13. The van der Waals surface area contributed by atoms with Gasteiger partial charge in [-0.1, -0.05) is 12.8 Å². The Balaban J connectivity index is 1.06. The molecule has 3 atom stereocenters. The number of thioether (sulfide) groups is 1. The topological polar surface area (TPSA) is 186 Å². The van der Waals surface area contributed by atoms with E-state index in [-0.39, 0.29) is 23.9 Å². The molecular formula is C20H31N9O4S2. The number of hydrogen-bond acceptors (Lipinski definition) is 9. The lowest BCUT2D eigenvalue weighted by Crippen LogP contribution is -2.41. The number of aromatic nitrogens is 4. The summed E-state index contributed by atoms with van der Waals surface area (Å²) in [7, 11) is -3.70. The second-order valence-corrected chi connectivity index (χ2v) is 11.8. The molecule has 4 amide bonds. The highest BCUT2D eigenvalue weighted by molar-refractivity contribution is 8.00. The van der Waals surface area contributed by atoms with Crippen LogP contribution >= 0.6 is 11.8 Å². The van der Waals surface area contributed by atoms with Crippen molar-refractivity contribution in [1.82, 2.24) is 40.2 Å². The third kappa shape index (κ3) is 6.66. The zero-order valence-electron chi connectivity index (χ0n) is 19.3. The molecule has 0 spiro atoms. The lowest BCUT2D eigenvalue weighted by atomic mass is 10.0. The standard InChI is InChI=1S/C20H31N9O4S2/c21-17-16-18(24-11-23-17)29(12-25-16)8-4-1-5-9-35(32,33)28-19(30)22-7-3-2-6-14-15-13(10-34-14)26-20(31)27-15/h11-15H,1-10H2,(H2,21,23,24)(H2,22,28,30)(H2,26,27,31)/t13-,14-,15-/m0/s1. The second kappa shape index (κ2) is 11.3. The van der Waals surface area contributed by atoms with Crippen molar-refractivity contribution in [2.75, 3.05) is 23.8 Å².